The van der Waals surface area contributed by atoms with Crippen LogP contribution in [0.4, 0.5) is 0 Å². The number of rotatable bonds is 6. The summed E-state index contributed by atoms with van der Waals surface area (Å²) in [6.45, 7) is 10.7. The van der Waals surface area contributed by atoms with E-state index in [1.165, 1.54) is 5.57 Å². The van der Waals surface area contributed by atoms with Crippen LogP contribution in [0.5, 0.6) is 0 Å². The van der Waals surface area contributed by atoms with E-state index in [9.17, 15) is 0 Å². The highest BCUT2D eigenvalue weighted by atomic mass is 14.7. The lowest BCUT2D eigenvalue weighted by atomic mass is 10.1. The van der Waals surface area contributed by atoms with Crippen molar-refractivity contribution in [1.29, 1.82) is 0 Å². The molecule has 0 N–H and O–H groups in total. The Bertz CT molecular complexity index is 202. The first-order valence-corrected chi connectivity index (χ1v) is 4.92. The van der Waals surface area contributed by atoms with Gasteiger partial charge in [-0.1, -0.05) is 20.3 Å². The minimum absolute atomic E-state index is 0.907. The number of hydrogen-bond acceptors (Lipinski definition) is 2. The molecule has 0 heterocycles. The third kappa shape index (κ3) is 5.34. The molecule has 0 saturated carbocycles. The maximum Gasteiger partial charge on any atom is 0.0389 e. The summed E-state index contributed by atoms with van der Waals surface area (Å²) in [5.74, 6) is 0. The van der Waals surface area contributed by atoms with Gasteiger partial charge >= 0.3 is 0 Å². The van der Waals surface area contributed by atoms with Crippen LogP contribution >= 0.6 is 0 Å². The fraction of sp³-hybridized carbons (Fsp3) is 0.636. The molecule has 0 aromatic carbocycles. The Morgan fingerprint density at radius 3 is 2.46 bits per heavy atom. The van der Waals surface area contributed by atoms with Crippen molar-refractivity contribution in [3.05, 3.63) is 11.8 Å². The number of nitrogens with zero attached hydrogens (tertiary/aromatic N) is 2. The molecule has 0 fully saturated rings. The second kappa shape index (κ2) is 7.71. The molecule has 0 rings (SSSR count). The van der Waals surface area contributed by atoms with Gasteiger partial charge in [-0.3, -0.25) is 9.98 Å². The molecule has 0 aromatic heterocycles. The summed E-state index contributed by atoms with van der Waals surface area (Å²) in [6.07, 6.45) is 5.08. The van der Waals surface area contributed by atoms with E-state index in [4.69, 9.17) is 0 Å². The first-order chi connectivity index (χ1) is 6.26. The summed E-state index contributed by atoms with van der Waals surface area (Å²) < 4.78 is 0. The third-order valence-corrected chi connectivity index (χ3v) is 1.80. The van der Waals surface area contributed by atoms with E-state index in [1.807, 2.05) is 13.1 Å². The van der Waals surface area contributed by atoms with E-state index in [0.717, 1.165) is 31.5 Å². The second-order valence-corrected chi connectivity index (χ2v) is 3.05. The van der Waals surface area contributed by atoms with Gasteiger partial charge in [0.2, 0.25) is 0 Å². The molecule has 0 unspecified atom stereocenters. The Kier molecular flexibility index (Phi) is 7.17. The Morgan fingerprint density at radius 1 is 1.31 bits per heavy atom. The highest BCUT2D eigenvalue weighted by Gasteiger charge is 1.98. The molecule has 0 radical (unpaired) electrons. The minimum atomic E-state index is 0.907. The van der Waals surface area contributed by atoms with E-state index in [0.29, 0.717) is 0 Å². The first kappa shape index (κ1) is 12.1. The van der Waals surface area contributed by atoms with Gasteiger partial charge in [0.05, 0.1) is 0 Å². The second-order valence-electron chi connectivity index (χ2n) is 3.05. The molecule has 0 saturated heterocycles. The summed E-state index contributed by atoms with van der Waals surface area (Å²) in [4.78, 5) is 8.23. The average Bonchev–Trinajstić information content (AvgIpc) is 2.14. The molecule has 0 aliphatic heterocycles. The van der Waals surface area contributed by atoms with Crippen molar-refractivity contribution in [2.24, 2.45) is 9.98 Å². The summed E-state index contributed by atoms with van der Waals surface area (Å²) >= 11 is 0. The van der Waals surface area contributed by atoms with Crippen molar-refractivity contribution in [3.63, 3.8) is 0 Å². The highest BCUT2D eigenvalue weighted by Crippen LogP contribution is 2.07. The van der Waals surface area contributed by atoms with Crippen LogP contribution in [0, 0.1) is 0 Å². The predicted molar refractivity (Wildman–Crippen MR) is 60.8 cm³/mol. The quantitative estimate of drug-likeness (QED) is 0.561. The number of hydrogen-bond donors (Lipinski definition) is 0. The fourth-order valence-electron chi connectivity index (χ4n) is 1.10. The Labute approximate surface area is 81.5 Å². The minimum Gasteiger partial charge on any atom is -0.290 e. The van der Waals surface area contributed by atoms with Crippen LogP contribution in [0.25, 0.3) is 0 Å². The van der Waals surface area contributed by atoms with Gasteiger partial charge in [0.15, 0.2) is 0 Å². The zero-order valence-electron chi connectivity index (χ0n) is 9.01. The highest BCUT2D eigenvalue weighted by molar-refractivity contribution is 5.98. The van der Waals surface area contributed by atoms with Gasteiger partial charge in [0, 0.05) is 18.5 Å². The van der Waals surface area contributed by atoms with E-state index in [2.05, 4.69) is 30.5 Å². The van der Waals surface area contributed by atoms with Crippen molar-refractivity contribution in [2.75, 3.05) is 6.54 Å². The van der Waals surface area contributed by atoms with Crippen LogP contribution in [0.2, 0.25) is 0 Å². The maximum absolute atomic E-state index is 4.44. The molecular weight excluding hydrogens is 160 g/mol. The van der Waals surface area contributed by atoms with E-state index in [1.54, 1.807) is 0 Å². The van der Waals surface area contributed by atoms with Gasteiger partial charge in [-0.15, -0.1) is 0 Å². The largest absolute Gasteiger partial charge is 0.290 e. The van der Waals surface area contributed by atoms with Crippen LogP contribution in [-0.4, -0.2) is 19.0 Å². The molecule has 0 amide bonds. The van der Waals surface area contributed by atoms with Gasteiger partial charge in [-0.2, -0.15) is 0 Å². The van der Waals surface area contributed by atoms with Crippen molar-refractivity contribution < 1.29 is 0 Å². The first-order valence-electron chi connectivity index (χ1n) is 4.92. The molecule has 2 nitrogen and oxygen atoms in total. The smallest absolute Gasteiger partial charge is 0.0389 e. The summed E-state index contributed by atoms with van der Waals surface area (Å²) in [6, 6.07) is 0. The van der Waals surface area contributed by atoms with Gasteiger partial charge in [0.1, 0.15) is 0 Å². The molecule has 0 atom stereocenters. The van der Waals surface area contributed by atoms with Crippen molar-refractivity contribution in [1.82, 2.24) is 0 Å². The molecule has 0 aliphatic rings. The summed E-state index contributed by atoms with van der Waals surface area (Å²) in [5.41, 5.74) is 2.32. The zero-order valence-corrected chi connectivity index (χ0v) is 9.01. The van der Waals surface area contributed by atoms with Gasteiger partial charge in [-0.05, 0) is 32.1 Å². The fourth-order valence-corrected chi connectivity index (χ4v) is 1.10. The lowest BCUT2D eigenvalue weighted by Gasteiger charge is -2.03. The Balaban J connectivity index is 4.35. The molecular formula is C11H20N2. The SMILES string of the molecule is C=N/C=C(/CCC)C(C)=NCCC. The molecule has 13 heavy (non-hydrogen) atoms. The zero-order chi connectivity index (χ0) is 10.1. The predicted octanol–water partition coefficient (Wildman–Crippen LogP) is 3.24. The van der Waals surface area contributed by atoms with Crippen LogP contribution in [0.15, 0.2) is 21.8 Å². The van der Waals surface area contributed by atoms with Crippen LogP contribution in [0.1, 0.15) is 40.0 Å². The van der Waals surface area contributed by atoms with Crippen molar-refractivity contribution >= 4 is 12.4 Å². The molecule has 0 aromatic rings. The molecule has 0 bridgehead atoms. The Hall–Kier alpha value is -0.920. The van der Waals surface area contributed by atoms with Crippen molar-refractivity contribution in [3.8, 4) is 0 Å². The summed E-state index contributed by atoms with van der Waals surface area (Å²) in [7, 11) is 0. The van der Waals surface area contributed by atoms with E-state index in [-0.39, 0.29) is 0 Å². The van der Waals surface area contributed by atoms with E-state index >= 15 is 0 Å². The Morgan fingerprint density at radius 2 is 2.00 bits per heavy atom. The standard InChI is InChI=1S/C11H20N2/c1-5-7-11(9-12-4)10(3)13-8-6-2/h9H,4-8H2,1-3H3/b11-9-,13-10?. The van der Waals surface area contributed by atoms with Crippen LogP contribution in [0.3, 0.4) is 0 Å². The topological polar surface area (TPSA) is 24.7 Å². The molecule has 2 heteroatoms. The van der Waals surface area contributed by atoms with Gasteiger partial charge < -0.3 is 0 Å². The summed E-state index contributed by atoms with van der Waals surface area (Å²) in [5, 5.41) is 0. The molecule has 74 valence electrons. The lowest BCUT2D eigenvalue weighted by Crippen LogP contribution is -1.98. The van der Waals surface area contributed by atoms with Crippen LogP contribution < -0.4 is 0 Å². The number of aliphatic imine (C=N–C) groups is 2. The third-order valence-electron chi connectivity index (χ3n) is 1.80. The van der Waals surface area contributed by atoms with E-state index < -0.39 is 0 Å². The van der Waals surface area contributed by atoms with Gasteiger partial charge in [0.25, 0.3) is 0 Å². The average molecular weight is 180 g/mol. The number of allylic oxidation sites excluding steroid dienone is 1. The monoisotopic (exact) mass is 180 g/mol. The lowest BCUT2D eigenvalue weighted by molar-refractivity contribution is 0.908. The normalized spacial score (nSPS) is 13.2. The maximum atomic E-state index is 4.44. The van der Waals surface area contributed by atoms with Crippen molar-refractivity contribution in [2.45, 2.75) is 40.0 Å². The van der Waals surface area contributed by atoms with Crippen LogP contribution in [-0.2, 0) is 0 Å². The molecule has 0 aliphatic carbocycles. The van der Waals surface area contributed by atoms with Gasteiger partial charge in [-0.25, -0.2) is 0 Å². The molecule has 0 spiro atoms.